The summed E-state index contributed by atoms with van der Waals surface area (Å²) in [6.07, 6.45) is -3.72. The number of hydrogen-bond donors (Lipinski definition) is 1. The molecule has 0 radical (unpaired) electrons. The molecule has 1 aromatic carbocycles. The van der Waals surface area contributed by atoms with Gasteiger partial charge in [-0.25, -0.2) is 4.98 Å². The van der Waals surface area contributed by atoms with Crippen LogP contribution in [0.2, 0.25) is 0 Å². The van der Waals surface area contributed by atoms with Crippen LogP contribution in [0.25, 0.3) is 0 Å². The van der Waals surface area contributed by atoms with Gasteiger partial charge in [0, 0.05) is 18.5 Å². The number of aromatic nitrogens is 1. The van der Waals surface area contributed by atoms with Crippen molar-refractivity contribution in [1.29, 1.82) is 0 Å². The van der Waals surface area contributed by atoms with E-state index >= 15 is 0 Å². The highest BCUT2D eigenvalue weighted by molar-refractivity contribution is 7.09. The zero-order chi connectivity index (χ0) is 21.2. The lowest BCUT2D eigenvalue weighted by Crippen LogP contribution is -2.40. The molecule has 1 amide bonds. The number of benzene rings is 1. The third-order valence-corrected chi connectivity index (χ3v) is 5.75. The number of thiazole rings is 1. The molecule has 3 rings (SSSR count). The fourth-order valence-corrected chi connectivity index (χ4v) is 4.08. The van der Waals surface area contributed by atoms with Crippen LogP contribution in [0.1, 0.15) is 34.8 Å². The molecule has 0 spiro atoms. The van der Waals surface area contributed by atoms with Gasteiger partial charge in [0.25, 0.3) is 0 Å². The lowest BCUT2D eigenvalue weighted by Gasteiger charge is -2.29. The van der Waals surface area contributed by atoms with Crippen molar-refractivity contribution in [3.05, 3.63) is 39.3 Å². The maximum atomic E-state index is 12.7. The first-order valence-electron chi connectivity index (χ1n) is 8.99. The van der Waals surface area contributed by atoms with E-state index in [0.717, 1.165) is 34.3 Å². The first-order chi connectivity index (χ1) is 13.7. The molecule has 1 aliphatic heterocycles. The number of hydrogen-bond acceptors (Lipinski definition) is 6. The van der Waals surface area contributed by atoms with E-state index in [9.17, 15) is 18.0 Å². The summed E-state index contributed by atoms with van der Waals surface area (Å²) in [5.74, 6) is 1.05. The van der Waals surface area contributed by atoms with Gasteiger partial charge in [0.1, 0.15) is 5.01 Å². The van der Waals surface area contributed by atoms with Gasteiger partial charge in [-0.3, -0.25) is 9.69 Å². The molecule has 158 valence electrons. The zero-order valence-corrected chi connectivity index (χ0v) is 17.1. The van der Waals surface area contributed by atoms with E-state index in [0.29, 0.717) is 24.6 Å². The zero-order valence-electron chi connectivity index (χ0n) is 16.3. The average molecular weight is 429 g/mol. The van der Waals surface area contributed by atoms with Crippen molar-refractivity contribution in [3.63, 3.8) is 0 Å². The summed E-state index contributed by atoms with van der Waals surface area (Å²) >= 11 is 0.886. The molecule has 0 aliphatic carbocycles. The van der Waals surface area contributed by atoms with Crippen LogP contribution >= 0.6 is 11.3 Å². The second kappa shape index (κ2) is 8.58. The third-order valence-electron chi connectivity index (χ3n) is 4.72. The molecule has 2 aromatic rings. The molecule has 0 unspecified atom stereocenters. The molecule has 1 aliphatic rings. The molecule has 10 heteroatoms. The van der Waals surface area contributed by atoms with E-state index in [2.05, 4.69) is 10.3 Å². The average Bonchev–Trinajstić information content (AvgIpc) is 3.17. The maximum Gasteiger partial charge on any atom is 0.434 e. The number of rotatable bonds is 6. The number of alkyl halides is 3. The smallest absolute Gasteiger partial charge is 0.434 e. The van der Waals surface area contributed by atoms with Gasteiger partial charge in [0.2, 0.25) is 5.91 Å². The van der Waals surface area contributed by atoms with E-state index in [1.165, 1.54) is 0 Å². The van der Waals surface area contributed by atoms with Crippen molar-refractivity contribution in [2.24, 2.45) is 0 Å². The maximum absolute atomic E-state index is 12.7. The molecule has 0 saturated heterocycles. The molecular weight excluding hydrogens is 407 g/mol. The lowest BCUT2D eigenvalue weighted by atomic mass is 9.99. The molecule has 1 aromatic heterocycles. The Morgan fingerprint density at radius 3 is 2.52 bits per heavy atom. The highest BCUT2D eigenvalue weighted by atomic mass is 32.1. The molecule has 1 atom stereocenters. The van der Waals surface area contributed by atoms with E-state index in [1.54, 1.807) is 21.1 Å². The number of carbonyl (C=O) groups excluding carboxylic acids is 1. The normalized spacial score (nSPS) is 15.5. The second-order valence-corrected chi connectivity index (χ2v) is 7.68. The fourth-order valence-electron chi connectivity index (χ4n) is 3.25. The van der Waals surface area contributed by atoms with E-state index in [1.807, 2.05) is 17.0 Å². The summed E-state index contributed by atoms with van der Waals surface area (Å²) in [5.41, 5.74) is 1.27. The minimum atomic E-state index is -4.48. The van der Waals surface area contributed by atoms with Crippen LogP contribution in [0, 0.1) is 0 Å². The van der Waals surface area contributed by atoms with Crippen molar-refractivity contribution < 1.29 is 27.4 Å². The largest absolute Gasteiger partial charge is 0.493 e. The van der Waals surface area contributed by atoms with Crippen molar-refractivity contribution in [1.82, 2.24) is 15.2 Å². The molecule has 6 nitrogen and oxygen atoms in total. The summed E-state index contributed by atoms with van der Waals surface area (Å²) in [4.78, 5) is 18.0. The predicted octanol–water partition coefficient (Wildman–Crippen LogP) is 3.41. The number of amides is 1. The Morgan fingerprint density at radius 2 is 1.93 bits per heavy atom. The number of halogens is 3. The molecule has 0 fully saturated rings. The quantitative estimate of drug-likeness (QED) is 0.763. The lowest BCUT2D eigenvalue weighted by molar-refractivity contribution is -0.140. The Bertz CT molecular complexity index is 885. The van der Waals surface area contributed by atoms with Gasteiger partial charge in [0.15, 0.2) is 17.2 Å². The summed E-state index contributed by atoms with van der Waals surface area (Å²) in [7, 11) is 3.16. The third kappa shape index (κ3) is 4.99. The first kappa shape index (κ1) is 21.4. The fraction of sp³-hybridized carbons (Fsp3) is 0.474. The SMILES string of the molecule is COc1cc2c(cc1OC)CN(CC(=O)N[C@@H](C)c1nc(C(F)(F)F)cs1)CC2. The van der Waals surface area contributed by atoms with Crippen LogP contribution in [-0.2, 0) is 23.9 Å². The van der Waals surface area contributed by atoms with Gasteiger partial charge in [0.05, 0.1) is 26.8 Å². The molecule has 29 heavy (non-hydrogen) atoms. The first-order valence-corrected chi connectivity index (χ1v) is 9.87. The standard InChI is InChI=1S/C19H22F3N3O3S/c1-11(18-24-16(10-29-18)19(20,21)22)23-17(26)9-25-5-4-12-6-14(27-2)15(28-3)7-13(12)8-25/h6-7,10-11H,4-5,8-9H2,1-3H3,(H,23,26)/t11-/m0/s1. The van der Waals surface area contributed by atoms with Crippen LogP contribution in [0.5, 0.6) is 11.5 Å². The highest BCUT2D eigenvalue weighted by Gasteiger charge is 2.34. The monoisotopic (exact) mass is 429 g/mol. The van der Waals surface area contributed by atoms with E-state index < -0.39 is 17.9 Å². The Hall–Kier alpha value is -2.33. The summed E-state index contributed by atoms with van der Waals surface area (Å²) in [6.45, 7) is 3.04. The Morgan fingerprint density at radius 1 is 1.28 bits per heavy atom. The minimum absolute atomic E-state index is 0.148. The Kier molecular flexibility index (Phi) is 6.33. The minimum Gasteiger partial charge on any atom is -0.493 e. The molecular formula is C19H22F3N3O3S. The van der Waals surface area contributed by atoms with E-state index in [-0.39, 0.29) is 17.5 Å². The number of fused-ring (bicyclic) bond motifs is 1. The number of nitrogens with one attached hydrogen (secondary N) is 1. The topological polar surface area (TPSA) is 63.7 Å². The molecule has 1 N–H and O–H groups in total. The van der Waals surface area contributed by atoms with E-state index in [4.69, 9.17) is 9.47 Å². The van der Waals surface area contributed by atoms with Gasteiger partial charge in [-0.15, -0.1) is 11.3 Å². The molecule has 0 bridgehead atoms. The van der Waals surface area contributed by atoms with Crippen molar-refractivity contribution in [3.8, 4) is 11.5 Å². The highest BCUT2D eigenvalue weighted by Crippen LogP contribution is 2.33. The van der Waals surface area contributed by atoms with Gasteiger partial charge in [-0.1, -0.05) is 0 Å². The van der Waals surface area contributed by atoms with Gasteiger partial charge >= 0.3 is 6.18 Å². The Balaban J connectivity index is 1.60. The van der Waals surface area contributed by atoms with Crippen LogP contribution in [0.3, 0.4) is 0 Å². The van der Waals surface area contributed by atoms with Crippen molar-refractivity contribution >= 4 is 17.2 Å². The molecule has 0 saturated carbocycles. The van der Waals surface area contributed by atoms with Gasteiger partial charge < -0.3 is 14.8 Å². The second-order valence-electron chi connectivity index (χ2n) is 6.79. The molecule has 2 heterocycles. The van der Waals surface area contributed by atoms with Crippen LogP contribution < -0.4 is 14.8 Å². The predicted molar refractivity (Wildman–Crippen MR) is 102 cm³/mol. The Labute approximate surface area is 170 Å². The van der Waals surface area contributed by atoms with Gasteiger partial charge in [-0.05, 0) is 36.6 Å². The van der Waals surface area contributed by atoms with Gasteiger partial charge in [-0.2, -0.15) is 13.2 Å². The summed E-state index contributed by atoms with van der Waals surface area (Å²) in [6, 6.07) is 3.27. The van der Waals surface area contributed by atoms with Crippen LogP contribution in [-0.4, -0.2) is 43.1 Å². The summed E-state index contributed by atoms with van der Waals surface area (Å²) in [5, 5.41) is 3.92. The number of nitrogens with zero attached hydrogens (tertiary/aromatic N) is 2. The number of methoxy groups -OCH3 is 2. The van der Waals surface area contributed by atoms with Crippen molar-refractivity contribution in [2.75, 3.05) is 27.3 Å². The number of carbonyl (C=O) groups is 1. The summed E-state index contributed by atoms with van der Waals surface area (Å²) < 4.78 is 48.7. The van der Waals surface area contributed by atoms with Crippen LogP contribution in [0.4, 0.5) is 13.2 Å². The number of ether oxygens (including phenoxy) is 2. The van der Waals surface area contributed by atoms with Crippen molar-refractivity contribution in [2.45, 2.75) is 32.1 Å². The van der Waals surface area contributed by atoms with Crippen LogP contribution in [0.15, 0.2) is 17.5 Å².